The maximum Gasteiger partial charge on any atom is 0.158 e. The highest BCUT2D eigenvalue weighted by atomic mass is 15.2. The first-order valence-electron chi connectivity index (χ1n) is 5.84. The second kappa shape index (κ2) is 5.11. The van der Waals surface area contributed by atoms with Crippen molar-refractivity contribution in [2.75, 3.05) is 32.1 Å². The Morgan fingerprint density at radius 3 is 2.88 bits per heavy atom. The molecule has 0 N–H and O–H groups in total. The van der Waals surface area contributed by atoms with Crippen LogP contribution in [0.15, 0.2) is 12.4 Å². The highest BCUT2D eigenvalue weighted by Crippen LogP contribution is 2.18. The summed E-state index contributed by atoms with van der Waals surface area (Å²) < 4.78 is 0. The maximum absolute atomic E-state index is 8.68. The van der Waals surface area contributed by atoms with E-state index < -0.39 is 0 Å². The minimum absolute atomic E-state index is 0.364. The van der Waals surface area contributed by atoms with E-state index in [0.29, 0.717) is 11.7 Å². The number of aromatic nitrogens is 2. The second-order valence-electron chi connectivity index (χ2n) is 4.54. The van der Waals surface area contributed by atoms with E-state index in [4.69, 9.17) is 5.26 Å². The van der Waals surface area contributed by atoms with Crippen LogP contribution in [0.1, 0.15) is 18.5 Å². The molecule has 0 aliphatic carbocycles. The Hall–Kier alpha value is -1.67. The number of hydrogen-bond donors (Lipinski definition) is 0. The van der Waals surface area contributed by atoms with Crippen molar-refractivity contribution in [3.05, 3.63) is 18.1 Å². The third-order valence-electron chi connectivity index (χ3n) is 3.26. The molecule has 1 fully saturated rings. The van der Waals surface area contributed by atoms with E-state index in [0.717, 1.165) is 12.4 Å². The van der Waals surface area contributed by atoms with Gasteiger partial charge in [-0.15, -0.1) is 0 Å². The average Bonchev–Trinajstić information content (AvgIpc) is 2.38. The van der Waals surface area contributed by atoms with Crippen molar-refractivity contribution in [1.29, 1.82) is 5.26 Å². The molecule has 1 atom stereocenters. The predicted octanol–water partition coefficient (Wildman–Crippen LogP) is 0.879. The van der Waals surface area contributed by atoms with Crippen LogP contribution in [0.3, 0.4) is 0 Å². The summed E-state index contributed by atoms with van der Waals surface area (Å²) in [4.78, 5) is 12.8. The Labute approximate surface area is 102 Å². The number of likely N-dealkylation sites (tertiary alicyclic amines) is 1. The van der Waals surface area contributed by atoms with Crippen molar-refractivity contribution in [2.24, 2.45) is 0 Å². The SMILES string of the molecule is CN1CCCC(N(C)c2cnc(C#N)cn2)C1. The van der Waals surface area contributed by atoms with Gasteiger partial charge in [0.2, 0.25) is 0 Å². The standard InChI is InChI=1S/C12H17N5/c1-16-5-3-4-11(9-16)17(2)12-8-14-10(6-13)7-15-12/h7-8,11H,3-5,9H2,1-2H3. The van der Waals surface area contributed by atoms with Crippen LogP contribution in [-0.4, -0.2) is 48.1 Å². The summed E-state index contributed by atoms with van der Waals surface area (Å²) in [5.41, 5.74) is 0.364. The Morgan fingerprint density at radius 1 is 1.47 bits per heavy atom. The lowest BCUT2D eigenvalue weighted by atomic mass is 10.1. The van der Waals surface area contributed by atoms with Gasteiger partial charge in [0, 0.05) is 19.6 Å². The molecule has 90 valence electrons. The van der Waals surface area contributed by atoms with Crippen LogP contribution in [0.5, 0.6) is 0 Å². The molecule has 0 amide bonds. The number of anilines is 1. The minimum Gasteiger partial charge on any atom is -0.354 e. The highest BCUT2D eigenvalue weighted by Gasteiger charge is 2.22. The summed E-state index contributed by atoms with van der Waals surface area (Å²) >= 11 is 0. The molecule has 0 radical (unpaired) electrons. The Bertz CT molecular complexity index is 408. The molecule has 1 aromatic heterocycles. The second-order valence-corrected chi connectivity index (χ2v) is 4.54. The summed E-state index contributed by atoms with van der Waals surface area (Å²) in [5, 5.41) is 8.68. The molecule has 1 aliphatic rings. The number of piperidine rings is 1. The minimum atomic E-state index is 0.364. The number of likely N-dealkylation sites (N-methyl/N-ethyl adjacent to an activating group) is 2. The first-order chi connectivity index (χ1) is 8.20. The fourth-order valence-electron chi connectivity index (χ4n) is 2.20. The van der Waals surface area contributed by atoms with Crippen molar-refractivity contribution in [3.63, 3.8) is 0 Å². The van der Waals surface area contributed by atoms with E-state index in [-0.39, 0.29) is 0 Å². The molecule has 17 heavy (non-hydrogen) atoms. The van der Waals surface area contributed by atoms with Crippen LogP contribution in [0.25, 0.3) is 0 Å². The van der Waals surface area contributed by atoms with Gasteiger partial charge in [0.25, 0.3) is 0 Å². The number of rotatable bonds is 2. The lowest BCUT2D eigenvalue weighted by Crippen LogP contribution is -2.45. The molecule has 1 unspecified atom stereocenters. The van der Waals surface area contributed by atoms with Gasteiger partial charge < -0.3 is 9.80 Å². The topological polar surface area (TPSA) is 56.0 Å². The van der Waals surface area contributed by atoms with Crippen LogP contribution in [-0.2, 0) is 0 Å². The zero-order valence-corrected chi connectivity index (χ0v) is 10.3. The third kappa shape index (κ3) is 2.71. The van der Waals surface area contributed by atoms with E-state index in [2.05, 4.69) is 26.8 Å². The van der Waals surface area contributed by atoms with Gasteiger partial charge in [-0.25, -0.2) is 9.97 Å². The molecule has 5 heteroatoms. The van der Waals surface area contributed by atoms with Gasteiger partial charge in [-0.2, -0.15) is 5.26 Å². The van der Waals surface area contributed by atoms with Gasteiger partial charge in [-0.05, 0) is 26.4 Å². The fraction of sp³-hybridized carbons (Fsp3) is 0.583. The van der Waals surface area contributed by atoms with Crippen LogP contribution in [0, 0.1) is 11.3 Å². The fourth-order valence-corrected chi connectivity index (χ4v) is 2.20. The van der Waals surface area contributed by atoms with E-state index in [9.17, 15) is 0 Å². The number of nitriles is 1. The summed E-state index contributed by atoms with van der Waals surface area (Å²) in [5.74, 6) is 0.837. The van der Waals surface area contributed by atoms with E-state index in [1.807, 2.05) is 13.1 Å². The van der Waals surface area contributed by atoms with Gasteiger partial charge in [0.15, 0.2) is 5.69 Å². The largest absolute Gasteiger partial charge is 0.354 e. The Kier molecular flexibility index (Phi) is 3.55. The zero-order valence-electron chi connectivity index (χ0n) is 10.3. The number of nitrogens with zero attached hydrogens (tertiary/aromatic N) is 5. The van der Waals surface area contributed by atoms with Crippen LogP contribution in [0.2, 0.25) is 0 Å². The Balaban J connectivity index is 2.07. The molecule has 2 heterocycles. The molecule has 1 aliphatic heterocycles. The van der Waals surface area contributed by atoms with Crippen molar-refractivity contribution < 1.29 is 0 Å². The van der Waals surface area contributed by atoms with Gasteiger partial charge >= 0.3 is 0 Å². The first-order valence-corrected chi connectivity index (χ1v) is 5.84. The lowest BCUT2D eigenvalue weighted by molar-refractivity contribution is 0.247. The molecular weight excluding hydrogens is 214 g/mol. The van der Waals surface area contributed by atoms with E-state index in [1.54, 1.807) is 6.20 Å². The van der Waals surface area contributed by atoms with Crippen LogP contribution in [0.4, 0.5) is 5.82 Å². The number of hydrogen-bond acceptors (Lipinski definition) is 5. The van der Waals surface area contributed by atoms with Crippen LogP contribution < -0.4 is 4.90 Å². The molecular formula is C12H17N5. The van der Waals surface area contributed by atoms with Crippen molar-refractivity contribution >= 4 is 5.82 Å². The molecule has 5 nitrogen and oxygen atoms in total. The van der Waals surface area contributed by atoms with Gasteiger partial charge in [-0.3, -0.25) is 0 Å². The predicted molar refractivity (Wildman–Crippen MR) is 65.7 cm³/mol. The quantitative estimate of drug-likeness (QED) is 0.756. The van der Waals surface area contributed by atoms with E-state index >= 15 is 0 Å². The highest BCUT2D eigenvalue weighted by molar-refractivity contribution is 5.37. The van der Waals surface area contributed by atoms with Gasteiger partial charge in [0.1, 0.15) is 11.9 Å². The summed E-state index contributed by atoms with van der Waals surface area (Å²) in [6, 6.07) is 2.46. The summed E-state index contributed by atoms with van der Waals surface area (Å²) in [7, 11) is 4.18. The van der Waals surface area contributed by atoms with E-state index in [1.165, 1.54) is 25.6 Å². The molecule has 0 aromatic carbocycles. The monoisotopic (exact) mass is 231 g/mol. The molecule has 0 saturated carbocycles. The van der Waals surface area contributed by atoms with Gasteiger partial charge in [-0.1, -0.05) is 0 Å². The lowest BCUT2D eigenvalue weighted by Gasteiger charge is -2.36. The third-order valence-corrected chi connectivity index (χ3v) is 3.26. The zero-order chi connectivity index (χ0) is 12.3. The Morgan fingerprint density at radius 2 is 2.29 bits per heavy atom. The maximum atomic E-state index is 8.68. The molecule has 2 rings (SSSR count). The van der Waals surface area contributed by atoms with Crippen molar-refractivity contribution in [3.8, 4) is 6.07 Å². The molecule has 1 aromatic rings. The van der Waals surface area contributed by atoms with Gasteiger partial charge in [0.05, 0.1) is 12.4 Å². The first kappa shape index (κ1) is 11.8. The molecule has 1 saturated heterocycles. The van der Waals surface area contributed by atoms with Crippen molar-refractivity contribution in [2.45, 2.75) is 18.9 Å². The molecule has 0 spiro atoms. The molecule has 0 bridgehead atoms. The smallest absolute Gasteiger partial charge is 0.158 e. The van der Waals surface area contributed by atoms with Crippen molar-refractivity contribution in [1.82, 2.24) is 14.9 Å². The summed E-state index contributed by atoms with van der Waals surface area (Å²) in [6.07, 6.45) is 5.60. The summed E-state index contributed by atoms with van der Waals surface area (Å²) in [6.45, 7) is 2.22. The van der Waals surface area contributed by atoms with Crippen LogP contribution >= 0.6 is 0 Å². The average molecular weight is 231 g/mol. The normalized spacial score (nSPS) is 20.9.